The number of ketones is 1. The standard InChI is InChI=1S/C14H20O2S/c1-5-17-9-13(15)12-6-7-14(11(4)8-12)16-10(2)3/h6-8,10H,5,9H2,1-4H3. The van der Waals surface area contributed by atoms with Crippen LogP contribution in [-0.2, 0) is 0 Å². The number of rotatable bonds is 6. The van der Waals surface area contributed by atoms with Crippen molar-refractivity contribution in [2.75, 3.05) is 11.5 Å². The Hall–Kier alpha value is -0.960. The molecule has 0 aliphatic carbocycles. The predicted octanol–water partition coefficient (Wildman–Crippen LogP) is 3.72. The van der Waals surface area contributed by atoms with Crippen LogP contribution < -0.4 is 4.74 Å². The van der Waals surface area contributed by atoms with E-state index in [1.165, 1.54) is 0 Å². The van der Waals surface area contributed by atoms with E-state index in [0.29, 0.717) is 5.75 Å². The molecule has 0 saturated heterocycles. The number of carbonyl (C=O) groups is 1. The van der Waals surface area contributed by atoms with Gasteiger partial charge in [0.2, 0.25) is 0 Å². The van der Waals surface area contributed by atoms with Gasteiger partial charge in [0.05, 0.1) is 11.9 Å². The lowest BCUT2D eigenvalue weighted by molar-refractivity contribution is 0.102. The molecule has 0 aromatic heterocycles. The minimum Gasteiger partial charge on any atom is -0.491 e. The molecule has 0 radical (unpaired) electrons. The van der Waals surface area contributed by atoms with E-state index in [0.717, 1.165) is 22.6 Å². The molecule has 0 fully saturated rings. The molecule has 1 rings (SSSR count). The Bertz CT molecular complexity index is 386. The number of Topliss-reactive ketones (excluding diaryl/α,β-unsaturated/α-hetero) is 1. The van der Waals surface area contributed by atoms with Crippen molar-refractivity contribution in [3.05, 3.63) is 29.3 Å². The number of thioether (sulfide) groups is 1. The van der Waals surface area contributed by atoms with Crippen LogP contribution in [0.2, 0.25) is 0 Å². The topological polar surface area (TPSA) is 26.3 Å². The molecule has 1 aromatic carbocycles. The maximum atomic E-state index is 11.8. The molecule has 0 saturated carbocycles. The van der Waals surface area contributed by atoms with Crippen LogP contribution in [0.25, 0.3) is 0 Å². The number of hydrogen-bond donors (Lipinski definition) is 0. The van der Waals surface area contributed by atoms with Gasteiger partial charge in [-0.3, -0.25) is 4.79 Å². The zero-order valence-corrected chi connectivity index (χ0v) is 11.8. The third-order valence-electron chi connectivity index (χ3n) is 2.30. The average molecular weight is 252 g/mol. The number of ether oxygens (including phenoxy) is 1. The predicted molar refractivity (Wildman–Crippen MR) is 74.3 cm³/mol. The van der Waals surface area contributed by atoms with Crippen molar-refractivity contribution in [1.29, 1.82) is 0 Å². The van der Waals surface area contributed by atoms with Crippen molar-refractivity contribution in [2.24, 2.45) is 0 Å². The first-order chi connectivity index (χ1) is 8.04. The number of benzene rings is 1. The Morgan fingerprint density at radius 1 is 1.41 bits per heavy atom. The molecule has 17 heavy (non-hydrogen) atoms. The van der Waals surface area contributed by atoms with Crippen LogP contribution >= 0.6 is 11.8 Å². The SMILES string of the molecule is CCSCC(=O)c1ccc(OC(C)C)c(C)c1. The highest BCUT2D eigenvalue weighted by atomic mass is 32.2. The molecule has 94 valence electrons. The van der Waals surface area contributed by atoms with E-state index < -0.39 is 0 Å². The quantitative estimate of drug-likeness (QED) is 0.722. The Labute approximate surface area is 108 Å². The van der Waals surface area contributed by atoms with Crippen LogP contribution in [0.15, 0.2) is 18.2 Å². The molecule has 0 unspecified atom stereocenters. The lowest BCUT2D eigenvalue weighted by atomic mass is 10.1. The zero-order chi connectivity index (χ0) is 12.8. The maximum Gasteiger partial charge on any atom is 0.172 e. The first-order valence-electron chi connectivity index (χ1n) is 5.92. The fraction of sp³-hybridized carbons (Fsp3) is 0.500. The molecule has 0 aliphatic heterocycles. The van der Waals surface area contributed by atoms with Gasteiger partial charge in [-0.1, -0.05) is 6.92 Å². The van der Waals surface area contributed by atoms with Crippen LogP contribution in [0, 0.1) is 6.92 Å². The molecule has 2 nitrogen and oxygen atoms in total. The van der Waals surface area contributed by atoms with Gasteiger partial charge in [-0.15, -0.1) is 0 Å². The van der Waals surface area contributed by atoms with Gasteiger partial charge in [0, 0.05) is 5.56 Å². The van der Waals surface area contributed by atoms with Gasteiger partial charge in [-0.05, 0) is 50.3 Å². The van der Waals surface area contributed by atoms with Crippen LogP contribution in [0.3, 0.4) is 0 Å². The highest BCUT2D eigenvalue weighted by Gasteiger charge is 2.09. The highest BCUT2D eigenvalue weighted by Crippen LogP contribution is 2.21. The molecule has 1 aromatic rings. The van der Waals surface area contributed by atoms with E-state index in [1.54, 1.807) is 11.8 Å². The number of aryl methyl sites for hydroxylation is 1. The zero-order valence-electron chi connectivity index (χ0n) is 10.9. The van der Waals surface area contributed by atoms with E-state index in [-0.39, 0.29) is 11.9 Å². The van der Waals surface area contributed by atoms with E-state index in [2.05, 4.69) is 6.92 Å². The maximum absolute atomic E-state index is 11.8. The van der Waals surface area contributed by atoms with E-state index in [9.17, 15) is 4.79 Å². The third-order valence-corrected chi connectivity index (χ3v) is 3.17. The van der Waals surface area contributed by atoms with Crippen molar-refractivity contribution in [2.45, 2.75) is 33.8 Å². The number of hydrogen-bond acceptors (Lipinski definition) is 3. The molecule has 3 heteroatoms. The van der Waals surface area contributed by atoms with Gasteiger partial charge < -0.3 is 4.74 Å². The molecular formula is C14H20O2S. The summed E-state index contributed by atoms with van der Waals surface area (Å²) in [6.07, 6.45) is 0.158. The van der Waals surface area contributed by atoms with Crippen molar-refractivity contribution in [1.82, 2.24) is 0 Å². The highest BCUT2D eigenvalue weighted by molar-refractivity contribution is 7.99. The van der Waals surface area contributed by atoms with Crippen molar-refractivity contribution >= 4 is 17.5 Å². The first kappa shape index (κ1) is 14.1. The second kappa shape index (κ2) is 6.70. The van der Waals surface area contributed by atoms with Gasteiger partial charge in [-0.2, -0.15) is 11.8 Å². The monoisotopic (exact) mass is 252 g/mol. The molecule has 0 heterocycles. The molecule has 0 atom stereocenters. The van der Waals surface area contributed by atoms with E-state index in [1.807, 2.05) is 39.0 Å². The molecule has 0 bridgehead atoms. The summed E-state index contributed by atoms with van der Waals surface area (Å²) in [6, 6.07) is 5.65. The van der Waals surface area contributed by atoms with Gasteiger partial charge in [0.15, 0.2) is 5.78 Å². The second-order valence-electron chi connectivity index (χ2n) is 4.21. The van der Waals surface area contributed by atoms with Crippen LogP contribution in [0.4, 0.5) is 0 Å². The summed E-state index contributed by atoms with van der Waals surface area (Å²) in [5.41, 5.74) is 1.80. The second-order valence-corrected chi connectivity index (χ2v) is 5.48. The summed E-state index contributed by atoms with van der Waals surface area (Å²) in [7, 11) is 0. The summed E-state index contributed by atoms with van der Waals surface area (Å²) in [4.78, 5) is 11.8. The molecule has 0 aliphatic rings. The van der Waals surface area contributed by atoms with Crippen molar-refractivity contribution in [3.63, 3.8) is 0 Å². The lowest BCUT2D eigenvalue weighted by Crippen LogP contribution is -2.08. The van der Waals surface area contributed by atoms with Crippen LogP contribution in [-0.4, -0.2) is 23.4 Å². The van der Waals surface area contributed by atoms with E-state index >= 15 is 0 Å². The van der Waals surface area contributed by atoms with Gasteiger partial charge in [0.25, 0.3) is 0 Å². The minimum absolute atomic E-state index is 0.158. The average Bonchev–Trinajstić information content (AvgIpc) is 2.28. The van der Waals surface area contributed by atoms with Crippen LogP contribution in [0.1, 0.15) is 36.7 Å². The summed E-state index contributed by atoms with van der Waals surface area (Å²) in [5, 5.41) is 0. The minimum atomic E-state index is 0.158. The molecule has 0 N–H and O–H groups in total. The molecular weight excluding hydrogens is 232 g/mol. The van der Waals surface area contributed by atoms with Crippen molar-refractivity contribution in [3.8, 4) is 5.75 Å². The van der Waals surface area contributed by atoms with Crippen LogP contribution in [0.5, 0.6) is 5.75 Å². The number of carbonyl (C=O) groups excluding carboxylic acids is 1. The van der Waals surface area contributed by atoms with E-state index in [4.69, 9.17) is 4.74 Å². The largest absolute Gasteiger partial charge is 0.491 e. The molecule has 0 spiro atoms. The summed E-state index contributed by atoms with van der Waals surface area (Å²) in [5.74, 6) is 2.58. The first-order valence-corrected chi connectivity index (χ1v) is 7.08. The Morgan fingerprint density at radius 3 is 2.65 bits per heavy atom. The summed E-state index contributed by atoms with van der Waals surface area (Å²) in [6.45, 7) is 8.02. The Morgan fingerprint density at radius 2 is 2.12 bits per heavy atom. The van der Waals surface area contributed by atoms with Crippen molar-refractivity contribution < 1.29 is 9.53 Å². The summed E-state index contributed by atoms with van der Waals surface area (Å²) >= 11 is 1.65. The lowest BCUT2D eigenvalue weighted by Gasteiger charge is -2.13. The van der Waals surface area contributed by atoms with Gasteiger partial charge in [-0.25, -0.2) is 0 Å². The Kier molecular flexibility index (Phi) is 5.56. The smallest absolute Gasteiger partial charge is 0.172 e. The van der Waals surface area contributed by atoms with Gasteiger partial charge in [0.1, 0.15) is 5.75 Å². The normalized spacial score (nSPS) is 10.6. The third kappa shape index (κ3) is 4.43. The summed E-state index contributed by atoms with van der Waals surface area (Å²) < 4.78 is 5.64. The fourth-order valence-electron chi connectivity index (χ4n) is 1.49. The Balaban J connectivity index is 2.77. The molecule has 0 amide bonds. The van der Waals surface area contributed by atoms with Gasteiger partial charge >= 0.3 is 0 Å². The fourth-order valence-corrected chi connectivity index (χ4v) is 2.04.